The first-order valence-corrected chi connectivity index (χ1v) is 9.81. The number of ether oxygens (including phenoxy) is 3. The van der Waals surface area contributed by atoms with Gasteiger partial charge in [-0.05, 0) is 48.5 Å². The van der Waals surface area contributed by atoms with Crippen molar-refractivity contribution in [1.29, 1.82) is 0 Å². The first-order valence-electron chi connectivity index (χ1n) is 9.81. The van der Waals surface area contributed by atoms with Crippen LogP contribution in [0.15, 0.2) is 60.7 Å². The number of aromatic nitrogens is 2. The smallest absolute Gasteiger partial charge is 0.128 e. The highest BCUT2D eigenvalue weighted by Gasteiger charge is 2.05. The lowest BCUT2D eigenvalue weighted by Gasteiger charge is -2.11. The van der Waals surface area contributed by atoms with Gasteiger partial charge in [0.05, 0.1) is 24.2 Å². The summed E-state index contributed by atoms with van der Waals surface area (Å²) in [5.41, 5.74) is 7.44. The summed E-state index contributed by atoms with van der Waals surface area (Å²) in [6, 6.07) is 19.2. The Bertz CT molecular complexity index is 1150. The predicted octanol–water partition coefficient (Wildman–Crippen LogP) is 3.88. The van der Waals surface area contributed by atoms with E-state index < -0.39 is 0 Å². The van der Waals surface area contributed by atoms with E-state index in [0.717, 1.165) is 39.1 Å². The van der Waals surface area contributed by atoms with Crippen molar-refractivity contribution in [1.82, 2.24) is 9.97 Å². The number of hydrogen-bond acceptors (Lipinski definition) is 7. The fourth-order valence-electron chi connectivity index (χ4n) is 3.18. The SMILES string of the molecule is CNc1ccc2c(OCCOCCOc3cccc4nc(N)ccc34)cccc2n1. The van der Waals surface area contributed by atoms with Crippen molar-refractivity contribution in [3.05, 3.63) is 60.7 Å². The van der Waals surface area contributed by atoms with Gasteiger partial charge in [-0.1, -0.05) is 12.1 Å². The van der Waals surface area contributed by atoms with Gasteiger partial charge < -0.3 is 25.3 Å². The molecule has 0 saturated heterocycles. The minimum Gasteiger partial charge on any atom is -0.490 e. The molecule has 0 fully saturated rings. The molecule has 4 rings (SSSR count). The van der Waals surface area contributed by atoms with Crippen LogP contribution in [-0.4, -0.2) is 43.4 Å². The van der Waals surface area contributed by atoms with Gasteiger partial charge in [0.2, 0.25) is 0 Å². The molecule has 0 amide bonds. The fourth-order valence-corrected chi connectivity index (χ4v) is 3.18. The van der Waals surface area contributed by atoms with Crippen molar-refractivity contribution in [2.24, 2.45) is 0 Å². The van der Waals surface area contributed by atoms with E-state index in [0.29, 0.717) is 32.2 Å². The van der Waals surface area contributed by atoms with Gasteiger partial charge in [0.25, 0.3) is 0 Å². The predicted molar refractivity (Wildman–Crippen MR) is 119 cm³/mol. The average Bonchev–Trinajstić information content (AvgIpc) is 2.77. The number of nitrogens with zero attached hydrogens (tertiary/aromatic N) is 2. The molecule has 154 valence electrons. The molecule has 0 aliphatic rings. The van der Waals surface area contributed by atoms with Gasteiger partial charge in [0.1, 0.15) is 36.3 Å². The molecular weight excluding hydrogens is 380 g/mol. The highest BCUT2D eigenvalue weighted by Crippen LogP contribution is 2.26. The van der Waals surface area contributed by atoms with Gasteiger partial charge in [-0.25, -0.2) is 9.97 Å². The minimum atomic E-state index is 0.439. The molecule has 0 bridgehead atoms. The zero-order valence-electron chi connectivity index (χ0n) is 16.8. The Morgan fingerprint density at radius 3 is 1.97 bits per heavy atom. The van der Waals surface area contributed by atoms with Crippen LogP contribution >= 0.6 is 0 Å². The van der Waals surface area contributed by atoms with Crippen LogP contribution in [0.1, 0.15) is 0 Å². The highest BCUT2D eigenvalue weighted by molar-refractivity contribution is 5.87. The van der Waals surface area contributed by atoms with Crippen molar-refractivity contribution in [2.45, 2.75) is 0 Å². The second-order valence-corrected chi connectivity index (χ2v) is 6.64. The van der Waals surface area contributed by atoms with Gasteiger partial charge in [-0.15, -0.1) is 0 Å². The van der Waals surface area contributed by atoms with Crippen LogP contribution in [0.4, 0.5) is 11.6 Å². The standard InChI is InChI=1S/C23H24N4O3/c1-25-23-11-9-17-19(27-23)5-3-7-21(17)30-15-13-28-12-14-29-20-6-2-4-18-16(20)8-10-22(24)26-18/h2-11H,12-15H2,1H3,(H2,24,26)(H,25,27). The molecule has 0 unspecified atom stereocenters. The van der Waals surface area contributed by atoms with Crippen LogP contribution in [0.5, 0.6) is 11.5 Å². The monoisotopic (exact) mass is 404 g/mol. The van der Waals surface area contributed by atoms with Crippen LogP contribution in [0, 0.1) is 0 Å². The van der Waals surface area contributed by atoms with Gasteiger partial charge in [0.15, 0.2) is 0 Å². The third-order valence-corrected chi connectivity index (χ3v) is 4.63. The largest absolute Gasteiger partial charge is 0.490 e. The number of nitrogen functional groups attached to an aromatic ring is 1. The molecule has 0 radical (unpaired) electrons. The van der Waals surface area contributed by atoms with Crippen LogP contribution in [0.25, 0.3) is 21.8 Å². The molecule has 2 aromatic carbocycles. The molecular formula is C23H24N4O3. The summed E-state index contributed by atoms with van der Waals surface area (Å²) in [5.74, 6) is 2.88. The highest BCUT2D eigenvalue weighted by atomic mass is 16.5. The molecule has 2 aromatic heterocycles. The summed E-state index contributed by atoms with van der Waals surface area (Å²) in [4.78, 5) is 8.84. The molecule has 30 heavy (non-hydrogen) atoms. The number of benzene rings is 2. The molecule has 7 heteroatoms. The second kappa shape index (κ2) is 9.28. The summed E-state index contributed by atoms with van der Waals surface area (Å²) in [7, 11) is 1.85. The van der Waals surface area contributed by atoms with Crippen molar-refractivity contribution < 1.29 is 14.2 Å². The topological polar surface area (TPSA) is 91.5 Å². The van der Waals surface area contributed by atoms with E-state index >= 15 is 0 Å². The Balaban J connectivity index is 1.23. The van der Waals surface area contributed by atoms with E-state index in [2.05, 4.69) is 15.3 Å². The number of fused-ring (bicyclic) bond motifs is 2. The molecule has 0 saturated carbocycles. The Kier molecular flexibility index (Phi) is 6.10. The Hall–Kier alpha value is -3.58. The van der Waals surface area contributed by atoms with Gasteiger partial charge in [-0.3, -0.25) is 0 Å². The summed E-state index contributed by atoms with van der Waals surface area (Å²) in [5, 5.41) is 4.95. The van der Waals surface area contributed by atoms with Crippen LogP contribution in [-0.2, 0) is 4.74 Å². The van der Waals surface area contributed by atoms with Crippen LogP contribution in [0.2, 0.25) is 0 Å². The van der Waals surface area contributed by atoms with Gasteiger partial charge in [0, 0.05) is 17.8 Å². The number of anilines is 2. The lowest BCUT2D eigenvalue weighted by molar-refractivity contribution is 0.0771. The van der Waals surface area contributed by atoms with E-state index in [1.54, 1.807) is 6.07 Å². The van der Waals surface area contributed by atoms with E-state index in [1.807, 2.05) is 61.6 Å². The zero-order chi connectivity index (χ0) is 20.8. The van der Waals surface area contributed by atoms with Gasteiger partial charge in [-0.2, -0.15) is 0 Å². The number of hydrogen-bond donors (Lipinski definition) is 2. The quantitative estimate of drug-likeness (QED) is 0.409. The number of rotatable bonds is 9. The molecule has 3 N–H and O–H groups in total. The molecule has 7 nitrogen and oxygen atoms in total. The van der Waals surface area contributed by atoms with Gasteiger partial charge >= 0.3 is 0 Å². The van der Waals surface area contributed by atoms with Crippen LogP contribution in [0.3, 0.4) is 0 Å². The number of pyridine rings is 2. The van der Waals surface area contributed by atoms with E-state index in [-0.39, 0.29) is 0 Å². The van der Waals surface area contributed by atoms with E-state index in [4.69, 9.17) is 19.9 Å². The number of nitrogens with one attached hydrogen (secondary N) is 1. The third-order valence-electron chi connectivity index (χ3n) is 4.63. The summed E-state index contributed by atoms with van der Waals surface area (Å²) < 4.78 is 17.4. The first-order chi connectivity index (χ1) is 14.7. The molecule has 0 spiro atoms. The zero-order valence-corrected chi connectivity index (χ0v) is 16.8. The first kappa shape index (κ1) is 19.7. The Morgan fingerprint density at radius 2 is 1.33 bits per heavy atom. The van der Waals surface area contributed by atoms with E-state index in [1.165, 1.54) is 0 Å². The maximum absolute atomic E-state index is 5.88. The fraction of sp³-hybridized carbons (Fsp3) is 0.217. The molecule has 2 heterocycles. The maximum atomic E-state index is 5.88. The summed E-state index contributed by atoms with van der Waals surface area (Å²) >= 11 is 0. The molecule has 0 aliphatic carbocycles. The third kappa shape index (κ3) is 4.52. The summed E-state index contributed by atoms with van der Waals surface area (Å²) in [6.45, 7) is 1.82. The second-order valence-electron chi connectivity index (χ2n) is 6.64. The van der Waals surface area contributed by atoms with Crippen molar-refractivity contribution in [2.75, 3.05) is 44.5 Å². The van der Waals surface area contributed by atoms with Crippen LogP contribution < -0.4 is 20.5 Å². The Labute approximate surface area is 174 Å². The Morgan fingerprint density at radius 1 is 0.733 bits per heavy atom. The lowest BCUT2D eigenvalue weighted by atomic mass is 10.2. The van der Waals surface area contributed by atoms with Crippen molar-refractivity contribution in [3.63, 3.8) is 0 Å². The van der Waals surface area contributed by atoms with E-state index in [9.17, 15) is 0 Å². The summed E-state index contributed by atoms with van der Waals surface area (Å²) in [6.07, 6.45) is 0. The number of nitrogens with two attached hydrogens (primary N) is 1. The molecule has 4 aromatic rings. The normalized spacial score (nSPS) is 11.0. The molecule has 0 aliphatic heterocycles. The average molecular weight is 404 g/mol. The van der Waals surface area contributed by atoms with Crippen molar-refractivity contribution >= 4 is 33.4 Å². The minimum absolute atomic E-state index is 0.439. The molecule has 0 atom stereocenters. The maximum Gasteiger partial charge on any atom is 0.128 e. The van der Waals surface area contributed by atoms with Crippen molar-refractivity contribution in [3.8, 4) is 11.5 Å². The lowest BCUT2D eigenvalue weighted by Crippen LogP contribution is -2.12.